The monoisotopic (exact) mass is 437 g/mol. The minimum Gasteiger partial charge on any atom is -0.488 e. The van der Waals surface area contributed by atoms with Crippen molar-refractivity contribution in [3.63, 3.8) is 0 Å². The summed E-state index contributed by atoms with van der Waals surface area (Å²) in [7, 11) is 0. The number of hydrazone groups is 1. The summed E-state index contributed by atoms with van der Waals surface area (Å²) in [6, 6.07) is 30.4. The molecule has 0 radical (unpaired) electrons. The van der Waals surface area contributed by atoms with E-state index < -0.39 is 5.91 Å². The molecule has 33 heavy (non-hydrogen) atoms. The number of hydrogen-bond acceptors (Lipinski definition) is 4. The van der Waals surface area contributed by atoms with Crippen molar-refractivity contribution in [2.24, 2.45) is 5.10 Å². The van der Waals surface area contributed by atoms with E-state index in [0.29, 0.717) is 17.9 Å². The molecule has 4 rings (SSSR count). The second kappa shape index (κ2) is 10.7. The lowest BCUT2D eigenvalue weighted by molar-refractivity contribution is -0.120. The van der Waals surface area contributed by atoms with Gasteiger partial charge in [-0.2, -0.15) is 5.10 Å². The van der Waals surface area contributed by atoms with E-state index in [2.05, 4.69) is 15.8 Å². The predicted molar refractivity (Wildman–Crippen MR) is 129 cm³/mol. The van der Waals surface area contributed by atoms with Gasteiger partial charge in [0.15, 0.2) is 0 Å². The molecule has 0 saturated heterocycles. The zero-order valence-corrected chi connectivity index (χ0v) is 17.9. The average molecular weight is 437 g/mol. The molecule has 0 atom stereocenters. The van der Waals surface area contributed by atoms with Crippen LogP contribution >= 0.6 is 0 Å². The number of para-hydroxylation sites is 1. The highest BCUT2D eigenvalue weighted by molar-refractivity contribution is 6.07. The SMILES string of the molecule is O=C(CNC(=O)c1cccc2ccccc12)N/N=C\c1ccccc1OCc1ccccc1. The van der Waals surface area contributed by atoms with Crippen molar-refractivity contribution in [3.05, 3.63) is 114 Å². The molecule has 0 aromatic heterocycles. The first-order chi connectivity index (χ1) is 16.2. The van der Waals surface area contributed by atoms with Crippen molar-refractivity contribution in [2.45, 2.75) is 6.61 Å². The van der Waals surface area contributed by atoms with Crippen molar-refractivity contribution < 1.29 is 14.3 Å². The molecule has 0 unspecified atom stereocenters. The third-order valence-corrected chi connectivity index (χ3v) is 4.99. The molecule has 0 fully saturated rings. The summed E-state index contributed by atoms with van der Waals surface area (Å²) in [5.41, 5.74) is 4.74. The van der Waals surface area contributed by atoms with Gasteiger partial charge in [-0.15, -0.1) is 0 Å². The van der Waals surface area contributed by atoms with E-state index in [4.69, 9.17) is 4.74 Å². The highest BCUT2D eigenvalue weighted by atomic mass is 16.5. The smallest absolute Gasteiger partial charge is 0.259 e. The second-order valence-electron chi connectivity index (χ2n) is 7.31. The third-order valence-electron chi connectivity index (χ3n) is 4.99. The van der Waals surface area contributed by atoms with Gasteiger partial charge in [0, 0.05) is 11.1 Å². The van der Waals surface area contributed by atoms with Crippen LogP contribution in [0.5, 0.6) is 5.75 Å². The summed E-state index contributed by atoms with van der Waals surface area (Å²) < 4.78 is 5.88. The summed E-state index contributed by atoms with van der Waals surface area (Å²) in [5, 5.41) is 8.44. The predicted octanol–water partition coefficient (Wildman–Crippen LogP) is 4.30. The van der Waals surface area contributed by atoms with Gasteiger partial charge in [-0.3, -0.25) is 9.59 Å². The van der Waals surface area contributed by atoms with Crippen LogP contribution in [-0.2, 0) is 11.4 Å². The van der Waals surface area contributed by atoms with E-state index in [1.807, 2.05) is 91.0 Å². The molecular weight excluding hydrogens is 414 g/mol. The molecule has 164 valence electrons. The van der Waals surface area contributed by atoms with Gasteiger partial charge in [0.1, 0.15) is 12.4 Å². The molecular formula is C27H23N3O3. The Labute approximate surface area is 191 Å². The number of fused-ring (bicyclic) bond motifs is 1. The van der Waals surface area contributed by atoms with Gasteiger partial charge in [-0.05, 0) is 34.5 Å². The summed E-state index contributed by atoms with van der Waals surface area (Å²) in [4.78, 5) is 24.7. The van der Waals surface area contributed by atoms with Gasteiger partial charge in [-0.1, -0.05) is 78.9 Å². The van der Waals surface area contributed by atoms with Crippen LogP contribution in [0.3, 0.4) is 0 Å². The van der Waals surface area contributed by atoms with Crippen molar-refractivity contribution in [1.29, 1.82) is 0 Å². The number of hydrogen-bond donors (Lipinski definition) is 2. The molecule has 0 bridgehead atoms. The molecule has 0 aliphatic carbocycles. The molecule has 0 saturated carbocycles. The summed E-state index contributed by atoms with van der Waals surface area (Å²) in [6.45, 7) is 0.240. The Kier molecular flexibility index (Phi) is 7.08. The first kappa shape index (κ1) is 21.8. The molecule has 0 aliphatic rings. The van der Waals surface area contributed by atoms with Gasteiger partial charge in [0.05, 0.1) is 12.8 Å². The maximum atomic E-state index is 12.5. The fourth-order valence-electron chi connectivity index (χ4n) is 3.35. The van der Waals surface area contributed by atoms with Crippen LogP contribution < -0.4 is 15.5 Å². The molecule has 6 nitrogen and oxygen atoms in total. The van der Waals surface area contributed by atoms with E-state index in [9.17, 15) is 9.59 Å². The molecule has 2 amide bonds. The summed E-state index contributed by atoms with van der Waals surface area (Å²) >= 11 is 0. The van der Waals surface area contributed by atoms with Gasteiger partial charge in [0.25, 0.3) is 11.8 Å². The van der Waals surface area contributed by atoms with Crippen LogP contribution in [0.15, 0.2) is 102 Å². The van der Waals surface area contributed by atoms with Gasteiger partial charge in [0.2, 0.25) is 0 Å². The van der Waals surface area contributed by atoms with E-state index in [1.54, 1.807) is 6.07 Å². The van der Waals surface area contributed by atoms with Crippen molar-refractivity contribution >= 4 is 28.8 Å². The number of nitrogens with zero attached hydrogens (tertiary/aromatic N) is 1. The Bertz CT molecular complexity index is 1280. The van der Waals surface area contributed by atoms with Crippen LogP contribution in [-0.4, -0.2) is 24.6 Å². The molecule has 0 spiro atoms. The number of amides is 2. The van der Waals surface area contributed by atoms with E-state index in [1.165, 1.54) is 6.21 Å². The largest absolute Gasteiger partial charge is 0.488 e. The Balaban J connectivity index is 1.31. The molecule has 0 aliphatic heterocycles. The van der Waals surface area contributed by atoms with Crippen LogP contribution in [0.2, 0.25) is 0 Å². The zero-order valence-electron chi connectivity index (χ0n) is 17.9. The first-order valence-electron chi connectivity index (χ1n) is 10.5. The Morgan fingerprint density at radius 1 is 0.818 bits per heavy atom. The van der Waals surface area contributed by atoms with E-state index >= 15 is 0 Å². The van der Waals surface area contributed by atoms with Crippen LogP contribution in [0.1, 0.15) is 21.5 Å². The fraction of sp³-hybridized carbons (Fsp3) is 0.0741. The molecule has 0 heterocycles. The number of ether oxygens (including phenoxy) is 1. The highest BCUT2D eigenvalue weighted by Crippen LogP contribution is 2.19. The van der Waals surface area contributed by atoms with Gasteiger partial charge >= 0.3 is 0 Å². The number of rotatable bonds is 8. The summed E-state index contributed by atoms with van der Waals surface area (Å²) in [5.74, 6) is -0.0864. The lowest BCUT2D eigenvalue weighted by atomic mass is 10.0. The molecule has 2 N–H and O–H groups in total. The highest BCUT2D eigenvalue weighted by Gasteiger charge is 2.11. The number of carbonyl (C=O) groups excluding carboxylic acids is 2. The zero-order chi connectivity index (χ0) is 22.9. The Morgan fingerprint density at radius 3 is 2.42 bits per heavy atom. The minimum absolute atomic E-state index is 0.189. The standard InChI is InChI=1S/C27H23N3O3/c31-26(18-28-27(32)24-15-8-13-21-11-4-6-14-23(21)24)30-29-17-22-12-5-7-16-25(22)33-19-20-9-2-1-3-10-20/h1-17H,18-19H2,(H,28,32)(H,30,31)/b29-17-. The lowest BCUT2D eigenvalue weighted by Crippen LogP contribution is -2.35. The quantitative estimate of drug-likeness (QED) is 0.319. The Morgan fingerprint density at radius 2 is 1.55 bits per heavy atom. The van der Waals surface area contributed by atoms with Crippen LogP contribution in [0.4, 0.5) is 0 Å². The van der Waals surface area contributed by atoms with E-state index in [-0.39, 0.29) is 12.5 Å². The van der Waals surface area contributed by atoms with Gasteiger partial charge in [-0.25, -0.2) is 5.43 Å². The maximum absolute atomic E-state index is 12.5. The minimum atomic E-state index is -0.428. The third kappa shape index (κ3) is 5.83. The van der Waals surface area contributed by atoms with Crippen molar-refractivity contribution in [3.8, 4) is 5.75 Å². The topological polar surface area (TPSA) is 79.8 Å². The van der Waals surface area contributed by atoms with Crippen molar-refractivity contribution in [2.75, 3.05) is 6.54 Å². The first-order valence-corrected chi connectivity index (χ1v) is 10.5. The molecule has 4 aromatic carbocycles. The second-order valence-corrected chi connectivity index (χ2v) is 7.31. The maximum Gasteiger partial charge on any atom is 0.259 e. The Hall–Kier alpha value is -4.45. The normalized spacial score (nSPS) is 10.8. The van der Waals surface area contributed by atoms with E-state index in [0.717, 1.165) is 21.9 Å². The molecule has 4 aromatic rings. The molecule has 6 heteroatoms. The summed E-state index contributed by atoms with van der Waals surface area (Å²) in [6.07, 6.45) is 1.52. The number of nitrogens with one attached hydrogen (secondary N) is 2. The average Bonchev–Trinajstić information content (AvgIpc) is 2.87. The van der Waals surface area contributed by atoms with Crippen LogP contribution in [0.25, 0.3) is 10.8 Å². The fourth-order valence-corrected chi connectivity index (χ4v) is 3.35. The van der Waals surface area contributed by atoms with Crippen molar-refractivity contribution in [1.82, 2.24) is 10.7 Å². The number of benzene rings is 4. The van der Waals surface area contributed by atoms with Crippen LogP contribution in [0, 0.1) is 0 Å². The number of carbonyl (C=O) groups is 2. The van der Waals surface area contributed by atoms with Gasteiger partial charge < -0.3 is 10.1 Å². The lowest BCUT2D eigenvalue weighted by Gasteiger charge is -2.09.